The van der Waals surface area contributed by atoms with Crippen LogP contribution < -0.4 is 9.62 Å². The minimum atomic E-state index is -3.18. The molecule has 144 valence electrons. The summed E-state index contributed by atoms with van der Waals surface area (Å²) in [4.78, 5) is 16.9. The third-order valence-corrected chi connectivity index (χ3v) is 6.45. The number of ether oxygens (including phenoxy) is 1. The Kier molecular flexibility index (Phi) is 6.16. The molecular formula is C18H27N3O4S. The first-order valence-corrected chi connectivity index (χ1v) is 10.9. The minimum Gasteiger partial charge on any atom is -0.378 e. The normalized spacial score (nSPS) is 19.6. The molecule has 0 unspecified atom stereocenters. The topological polar surface area (TPSA) is 79.0 Å². The van der Waals surface area contributed by atoms with E-state index >= 15 is 0 Å². The van der Waals surface area contributed by atoms with E-state index in [0.29, 0.717) is 31.9 Å². The fourth-order valence-electron chi connectivity index (χ4n) is 3.44. The van der Waals surface area contributed by atoms with Crippen LogP contribution in [0.2, 0.25) is 0 Å². The third kappa shape index (κ3) is 4.55. The van der Waals surface area contributed by atoms with Crippen molar-refractivity contribution in [1.29, 1.82) is 0 Å². The predicted molar refractivity (Wildman–Crippen MR) is 101 cm³/mol. The zero-order valence-electron chi connectivity index (χ0n) is 15.2. The molecule has 0 aromatic heterocycles. The van der Waals surface area contributed by atoms with Gasteiger partial charge in [-0.05, 0) is 31.9 Å². The number of nitrogens with zero attached hydrogens (tertiary/aromatic N) is 2. The first-order chi connectivity index (χ1) is 12.5. The largest absolute Gasteiger partial charge is 0.378 e. The molecule has 1 aromatic carbocycles. The van der Waals surface area contributed by atoms with Crippen LogP contribution in [0.25, 0.3) is 0 Å². The number of benzene rings is 1. The molecule has 0 radical (unpaired) electrons. The van der Waals surface area contributed by atoms with E-state index in [2.05, 4.69) is 9.62 Å². The second-order valence-electron chi connectivity index (χ2n) is 6.70. The van der Waals surface area contributed by atoms with Gasteiger partial charge in [0.15, 0.2) is 0 Å². The molecule has 0 bridgehead atoms. The van der Waals surface area contributed by atoms with E-state index < -0.39 is 10.0 Å². The van der Waals surface area contributed by atoms with E-state index in [-0.39, 0.29) is 17.7 Å². The maximum absolute atomic E-state index is 12.9. The summed E-state index contributed by atoms with van der Waals surface area (Å²) in [6.07, 6.45) is 1.47. The predicted octanol–water partition coefficient (Wildman–Crippen LogP) is 1.07. The fraction of sp³-hybridized carbons (Fsp3) is 0.611. The smallest absolute Gasteiger partial charge is 0.256 e. The Labute approximate surface area is 155 Å². The van der Waals surface area contributed by atoms with Gasteiger partial charge in [0.25, 0.3) is 5.91 Å². The van der Waals surface area contributed by atoms with E-state index in [9.17, 15) is 13.2 Å². The zero-order valence-corrected chi connectivity index (χ0v) is 16.0. The summed E-state index contributed by atoms with van der Waals surface area (Å²) in [7, 11) is -3.18. The van der Waals surface area contributed by atoms with Gasteiger partial charge in [-0.3, -0.25) is 4.79 Å². The molecule has 0 spiro atoms. The number of para-hydroxylation sites is 1. The summed E-state index contributed by atoms with van der Waals surface area (Å²) < 4.78 is 31.6. The standard InChI is InChI=1S/C18H27N3O4S/c1-2-26(23,24)19-15-7-9-20(10-8-15)17-6-4-3-5-16(17)18(22)21-11-13-25-14-12-21/h3-6,15,19H,2,7-14H2,1H3. The van der Waals surface area contributed by atoms with Crippen LogP contribution in [0, 0.1) is 0 Å². The Balaban J connectivity index is 1.68. The molecule has 2 aliphatic rings. The molecule has 7 nitrogen and oxygen atoms in total. The molecule has 26 heavy (non-hydrogen) atoms. The Hall–Kier alpha value is -1.64. The molecule has 3 rings (SSSR count). The monoisotopic (exact) mass is 381 g/mol. The lowest BCUT2D eigenvalue weighted by Crippen LogP contribution is -2.46. The summed E-state index contributed by atoms with van der Waals surface area (Å²) in [5.41, 5.74) is 1.64. The van der Waals surface area contributed by atoms with Crippen LogP contribution in [-0.4, -0.2) is 70.4 Å². The molecule has 1 aromatic rings. The number of piperidine rings is 1. The number of anilines is 1. The van der Waals surface area contributed by atoms with E-state index in [1.807, 2.05) is 29.2 Å². The van der Waals surface area contributed by atoms with Crippen molar-refractivity contribution in [3.05, 3.63) is 29.8 Å². The number of hydrogen-bond acceptors (Lipinski definition) is 5. The molecule has 1 N–H and O–H groups in total. The number of sulfonamides is 1. The SMILES string of the molecule is CCS(=O)(=O)NC1CCN(c2ccccc2C(=O)N2CCOCC2)CC1. The molecule has 0 aliphatic carbocycles. The van der Waals surface area contributed by atoms with Crippen LogP contribution in [0.4, 0.5) is 5.69 Å². The molecule has 1 amide bonds. The van der Waals surface area contributed by atoms with Crippen molar-refractivity contribution in [1.82, 2.24) is 9.62 Å². The number of hydrogen-bond donors (Lipinski definition) is 1. The summed E-state index contributed by atoms with van der Waals surface area (Å²) in [5, 5.41) is 0. The Morgan fingerprint density at radius 2 is 1.81 bits per heavy atom. The molecule has 0 atom stereocenters. The maximum atomic E-state index is 12.9. The Morgan fingerprint density at radius 1 is 1.15 bits per heavy atom. The lowest BCUT2D eigenvalue weighted by atomic mass is 10.0. The van der Waals surface area contributed by atoms with Crippen molar-refractivity contribution in [3.63, 3.8) is 0 Å². The lowest BCUT2D eigenvalue weighted by molar-refractivity contribution is 0.0303. The van der Waals surface area contributed by atoms with Gasteiger partial charge in [0.1, 0.15) is 0 Å². The highest BCUT2D eigenvalue weighted by molar-refractivity contribution is 7.89. The van der Waals surface area contributed by atoms with Crippen LogP contribution in [0.1, 0.15) is 30.1 Å². The first kappa shape index (κ1) is 19.1. The molecular weight excluding hydrogens is 354 g/mol. The maximum Gasteiger partial charge on any atom is 0.256 e. The number of nitrogens with one attached hydrogen (secondary N) is 1. The Morgan fingerprint density at radius 3 is 2.46 bits per heavy atom. The third-order valence-electron chi connectivity index (χ3n) is 4.99. The van der Waals surface area contributed by atoms with E-state index in [4.69, 9.17) is 4.74 Å². The number of amides is 1. The second-order valence-corrected chi connectivity index (χ2v) is 8.75. The van der Waals surface area contributed by atoms with E-state index in [0.717, 1.165) is 31.6 Å². The number of carbonyl (C=O) groups is 1. The highest BCUT2D eigenvalue weighted by atomic mass is 32.2. The van der Waals surface area contributed by atoms with Crippen molar-refractivity contribution < 1.29 is 17.9 Å². The molecule has 2 fully saturated rings. The fourth-order valence-corrected chi connectivity index (χ4v) is 4.35. The lowest BCUT2D eigenvalue weighted by Gasteiger charge is -2.35. The average Bonchev–Trinajstić information content (AvgIpc) is 2.68. The van der Waals surface area contributed by atoms with Crippen molar-refractivity contribution in [2.75, 3.05) is 50.0 Å². The first-order valence-electron chi connectivity index (χ1n) is 9.21. The molecule has 8 heteroatoms. The van der Waals surface area contributed by atoms with Gasteiger partial charge in [-0.2, -0.15) is 0 Å². The van der Waals surface area contributed by atoms with Crippen molar-refractivity contribution in [2.45, 2.75) is 25.8 Å². The molecule has 2 heterocycles. The van der Waals surface area contributed by atoms with Gasteiger partial charge in [0.05, 0.1) is 24.5 Å². The van der Waals surface area contributed by atoms with Gasteiger partial charge in [0, 0.05) is 37.9 Å². The summed E-state index contributed by atoms with van der Waals surface area (Å²) >= 11 is 0. The second kappa shape index (κ2) is 8.37. The number of morpholine rings is 1. The molecule has 2 saturated heterocycles. The highest BCUT2D eigenvalue weighted by Crippen LogP contribution is 2.26. The number of rotatable bonds is 5. The van der Waals surface area contributed by atoms with Crippen molar-refractivity contribution in [3.8, 4) is 0 Å². The molecule has 0 saturated carbocycles. The summed E-state index contributed by atoms with van der Waals surface area (Å²) in [6.45, 7) is 5.50. The van der Waals surface area contributed by atoms with Gasteiger partial charge >= 0.3 is 0 Å². The highest BCUT2D eigenvalue weighted by Gasteiger charge is 2.27. The van der Waals surface area contributed by atoms with Gasteiger partial charge in [-0.15, -0.1) is 0 Å². The summed E-state index contributed by atoms with van der Waals surface area (Å²) in [5.74, 6) is 0.141. The molecule has 2 aliphatic heterocycles. The van der Waals surface area contributed by atoms with Crippen LogP contribution in [0.15, 0.2) is 24.3 Å². The van der Waals surface area contributed by atoms with Crippen molar-refractivity contribution >= 4 is 21.6 Å². The van der Waals surface area contributed by atoms with Gasteiger partial charge < -0.3 is 14.5 Å². The number of carbonyl (C=O) groups excluding carboxylic acids is 1. The quantitative estimate of drug-likeness (QED) is 0.825. The van der Waals surface area contributed by atoms with Crippen LogP contribution in [0.5, 0.6) is 0 Å². The van der Waals surface area contributed by atoms with Crippen molar-refractivity contribution in [2.24, 2.45) is 0 Å². The van der Waals surface area contributed by atoms with Crippen LogP contribution in [-0.2, 0) is 14.8 Å². The van der Waals surface area contributed by atoms with Gasteiger partial charge in [-0.25, -0.2) is 13.1 Å². The van der Waals surface area contributed by atoms with E-state index in [1.54, 1.807) is 6.92 Å². The van der Waals surface area contributed by atoms with Crippen LogP contribution in [0.3, 0.4) is 0 Å². The average molecular weight is 381 g/mol. The van der Waals surface area contributed by atoms with Crippen LogP contribution >= 0.6 is 0 Å². The van der Waals surface area contributed by atoms with Gasteiger partial charge in [-0.1, -0.05) is 12.1 Å². The minimum absolute atomic E-state index is 0.0293. The van der Waals surface area contributed by atoms with Gasteiger partial charge in [0.2, 0.25) is 10.0 Å². The summed E-state index contributed by atoms with van der Waals surface area (Å²) in [6, 6.07) is 7.65. The van der Waals surface area contributed by atoms with E-state index in [1.165, 1.54) is 0 Å². The zero-order chi connectivity index (χ0) is 18.6. The Bertz CT molecular complexity index is 724.